The Morgan fingerprint density at radius 1 is 1.12 bits per heavy atom. The predicted molar refractivity (Wildman–Crippen MR) is 99.8 cm³/mol. The van der Waals surface area contributed by atoms with E-state index < -0.39 is 17.9 Å². The number of rotatable bonds is 6. The Labute approximate surface area is 153 Å². The number of aliphatic carboxylic acids is 1. The van der Waals surface area contributed by atoms with Crippen molar-refractivity contribution in [1.29, 1.82) is 0 Å². The zero-order chi connectivity index (χ0) is 18.6. The zero-order valence-corrected chi connectivity index (χ0v) is 15.3. The highest BCUT2D eigenvalue weighted by atomic mass is 35.5. The molecule has 25 heavy (non-hydrogen) atoms. The number of likely N-dealkylation sites (N-methyl/N-ethyl adjacent to an activating group) is 1. The van der Waals surface area contributed by atoms with Gasteiger partial charge in [-0.2, -0.15) is 0 Å². The van der Waals surface area contributed by atoms with Gasteiger partial charge in [-0.25, -0.2) is 4.79 Å². The molecule has 0 heterocycles. The van der Waals surface area contributed by atoms with E-state index in [-0.39, 0.29) is 5.91 Å². The molecule has 5 heteroatoms. The fourth-order valence-electron chi connectivity index (χ4n) is 2.86. The lowest BCUT2D eigenvalue weighted by Crippen LogP contribution is -2.43. The molecule has 0 aromatic heterocycles. The van der Waals surface area contributed by atoms with Gasteiger partial charge < -0.3 is 10.0 Å². The van der Waals surface area contributed by atoms with Gasteiger partial charge in [0.15, 0.2) is 0 Å². The van der Waals surface area contributed by atoms with Crippen LogP contribution in [0.3, 0.4) is 0 Å². The molecule has 1 amide bonds. The molecule has 2 aromatic carbocycles. The summed E-state index contributed by atoms with van der Waals surface area (Å²) in [5.41, 5.74) is 2.75. The minimum Gasteiger partial charge on any atom is -0.480 e. The standard InChI is InChI=1S/C20H22ClNO3/c1-4-18(20(24)25)22(3)19(23)13(2)14-9-11-15(12-10-14)16-7-5-6-8-17(16)21/h5-13,18H,4H2,1-3H3,(H,24,25). The topological polar surface area (TPSA) is 57.6 Å². The number of carboxylic acid groups (broad SMARTS) is 1. The van der Waals surface area contributed by atoms with Gasteiger partial charge >= 0.3 is 5.97 Å². The lowest BCUT2D eigenvalue weighted by Gasteiger charge is -2.27. The molecule has 0 bridgehead atoms. The van der Waals surface area contributed by atoms with Gasteiger partial charge in [0.05, 0.1) is 5.92 Å². The van der Waals surface area contributed by atoms with Crippen LogP contribution in [0.2, 0.25) is 5.02 Å². The largest absolute Gasteiger partial charge is 0.480 e. The van der Waals surface area contributed by atoms with Crippen molar-refractivity contribution in [3.05, 3.63) is 59.1 Å². The van der Waals surface area contributed by atoms with E-state index in [1.165, 1.54) is 4.90 Å². The highest BCUT2D eigenvalue weighted by Gasteiger charge is 2.28. The van der Waals surface area contributed by atoms with Crippen LogP contribution in [0.1, 0.15) is 31.7 Å². The van der Waals surface area contributed by atoms with E-state index in [0.29, 0.717) is 11.4 Å². The molecule has 0 aliphatic heterocycles. The lowest BCUT2D eigenvalue weighted by atomic mass is 9.96. The highest BCUT2D eigenvalue weighted by Crippen LogP contribution is 2.29. The molecule has 2 rings (SSSR count). The summed E-state index contributed by atoms with van der Waals surface area (Å²) in [6, 6.07) is 14.4. The van der Waals surface area contributed by atoms with Crippen LogP contribution >= 0.6 is 11.6 Å². The summed E-state index contributed by atoms with van der Waals surface area (Å²) in [5, 5.41) is 9.90. The van der Waals surface area contributed by atoms with Crippen LogP contribution in [0, 0.1) is 0 Å². The quantitative estimate of drug-likeness (QED) is 0.829. The second-order valence-electron chi connectivity index (χ2n) is 6.03. The molecule has 0 saturated heterocycles. The van der Waals surface area contributed by atoms with Crippen molar-refractivity contribution in [2.24, 2.45) is 0 Å². The van der Waals surface area contributed by atoms with Gasteiger partial charge in [-0.1, -0.05) is 61.0 Å². The molecule has 132 valence electrons. The molecule has 0 spiro atoms. The van der Waals surface area contributed by atoms with Gasteiger partial charge in [0.25, 0.3) is 0 Å². The number of hydrogen-bond donors (Lipinski definition) is 1. The number of benzene rings is 2. The highest BCUT2D eigenvalue weighted by molar-refractivity contribution is 6.33. The van der Waals surface area contributed by atoms with Crippen LogP contribution in [0.15, 0.2) is 48.5 Å². The van der Waals surface area contributed by atoms with E-state index in [2.05, 4.69) is 0 Å². The van der Waals surface area contributed by atoms with Crippen LogP contribution in [0.25, 0.3) is 11.1 Å². The van der Waals surface area contributed by atoms with E-state index in [0.717, 1.165) is 16.7 Å². The van der Waals surface area contributed by atoms with Crippen molar-refractivity contribution in [3.63, 3.8) is 0 Å². The number of hydrogen-bond acceptors (Lipinski definition) is 2. The van der Waals surface area contributed by atoms with Gasteiger partial charge in [0, 0.05) is 17.6 Å². The second-order valence-corrected chi connectivity index (χ2v) is 6.44. The molecule has 0 radical (unpaired) electrons. The molecular weight excluding hydrogens is 338 g/mol. The van der Waals surface area contributed by atoms with Crippen LogP contribution < -0.4 is 0 Å². The lowest BCUT2D eigenvalue weighted by molar-refractivity contribution is -0.149. The van der Waals surface area contributed by atoms with Crippen LogP contribution in [0.5, 0.6) is 0 Å². The molecule has 0 fully saturated rings. The van der Waals surface area contributed by atoms with Crippen molar-refractivity contribution >= 4 is 23.5 Å². The normalized spacial score (nSPS) is 13.1. The van der Waals surface area contributed by atoms with E-state index in [4.69, 9.17) is 11.6 Å². The van der Waals surface area contributed by atoms with Gasteiger partial charge in [-0.3, -0.25) is 4.79 Å². The summed E-state index contributed by atoms with van der Waals surface area (Å²) in [5.74, 6) is -1.61. The summed E-state index contributed by atoms with van der Waals surface area (Å²) >= 11 is 6.22. The first-order valence-electron chi connectivity index (χ1n) is 8.21. The Kier molecular flexibility index (Phi) is 6.21. The Morgan fingerprint density at radius 2 is 1.72 bits per heavy atom. The third-order valence-corrected chi connectivity index (χ3v) is 4.78. The van der Waals surface area contributed by atoms with E-state index >= 15 is 0 Å². The van der Waals surface area contributed by atoms with E-state index in [1.54, 1.807) is 20.9 Å². The zero-order valence-electron chi connectivity index (χ0n) is 14.6. The van der Waals surface area contributed by atoms with Crippen molar-refractivity contribution in [1.82, 2.24) is 4.90 Å². The minimum atomic E-state index is -0.986. The van der Waals surface area contributed by atoms with Gasteiger partial charge in [0.1, 0.15) is 6.04 Å². The maximum Gasteiger partial charge on any atom is 0.326 e. The van der Waals surface area contributed by atoms with Crippen molar-refractivity contribution < 1.29 is 14.7 Å². The molecule has 1 N–H and O–H groups in total. The smallest absolute Gasteiger partial charge is 0.326 e. The number of carboxylic acids is 1. The first-order chi connectivity index (χ1) is 11.9. The van der Waals surface area contributed by atoms with E-state index in [1.807, 2.05) is 48.5 Å². The SMILES string of the molecule is CCC(C(=O)O)N(C)C(=O)C(C)c1ccc(-c2ccccc2Cl)cc1. The molecule has 2 aromatic rings. The first kappa shape index (κ1) is 19.0. The van der Waals surface area contributed by atoms with Crippen LogP contribution in [-0.2, 0) is 9.59 Å². The van der Waals surface area contributed by atoms with Crippen LogP contribution in [0.4, 0.5) is 0 Å². The maximum atomic E-state index is 12.6. The Hall–Kier alpha value is -2.33. The maximum absolute atomic E-state index is 12.6. The second kappa shape index (κ2) is 8.17. The first-order valence-corrected chi connectivity index (χ1v) is 8.59. The number of carbonyl (C=O) groups is 2. The summed E-state index contributed by atoms with van der Waals surface area (Å²) in [6.07, 6.45) is 0.371. The fraction of sp³-hybridized carbons (Fsp3) is 0.300. The third-order valence-electron chi connectivity index (χ3n) is 4.45. The summed E-state index contributed by atoms with van der Waals surface area (Å²) in [6.45, 7) is 3.55. The van der Waals surface area contributed by atoms with Crippen LogP contribution in [-0.4, -0.2) is 35.0 Å². The number of carbonyl (C=O) groups excluding carboxylic acids is 1. The Balaban J connectivity index is 2.20. The summed E-state index contributed by atoms with van der Waals surface area (Å²) in [4.78, 5) is 25.2. The molecule has 4 nitrogen and oxygen atoms in total. The Bertz CT molecular complexity index is 758. The van der Waals surface area contributed by atoms with Crippen molar-refractivity contribution in [3.8, 4) is 11.1 Å². The van der Waals surface area contributed by atoms with Crippen molar-refractivity contribution in [2.45, 2.75) is 32.2 Å². The average Bonchev–Trinajstić information content (AvgIpc) is 2.61. The monoisotopic (exact) mass is 359 g/mol. The number of amides is 1. The molecule has 0 aliphatic carbocycles. The number of halogens is 1. The summed E-state index contributed by atoms with van der Waals surface area (Å²) < 4.78 is 0. The summed E-state index contributed by atoms with van der Waals surface area (Å²) in [7, 11) is 1.54. The van der Waals surface area contributed by atoms with Gasteiger partial charge in [-0.15, -0.1) is 0 Å². The molecular formula is C20H22ClNO3. The fourth-order valence-corrected chi connectivity index (χ4v) is 3.11. The average molecular weight is 360 g/mol. The molecule has 0 aliphatic rings. The van der Waals surface area contributed by atoms with Crippen molar-refractivity contribution in [2.75, 3.05) is 7.05 Å². The van der Waals surface area contributed by atoms with Gasteiger partial charge in [0.2, 0.25) is 5.91 Å². The number of nitrogens with zero attached hydrogens (tertiary/aromatic N) is 1. The molecule has 2 unspecified atom stereocenters. The van der Waals surface area contributed by atoms with Gasteiger partial charge in [-0.05, 0) is 30.5 Å². The third kappa shape index (κ3) is 4.20. The van der Waals surface area contributed by atoms with E-state index in [9.17, 15) is 14.7 Å². The molecule has 0 saturated carbocycles. The predicted octanol–water partition coefficient (Wildman–Crippen LogP) is 4.43. The molecule has 2 atom stereocenters. The minimum absolute atomic E-state index is 0.209. The Morgan fingerprint density at radius 3 is 2.24 bits per heavy atom.